The maximum atomic E-state index is 14.8. The Morgan fingerprint density at radius 1 is 1.11 bits per heavy atom. The summed E-state index contributed by atoms with van der Waals surface area (Å²) < 4.78 is 40.7. The van der Waals surface area contributed by atoms with Crippen LogP contribution in [-0.4, -0.2) is 43.3 Å². The second kappa shape index (κ2) is 9.85. The standard InChI is InChI=1S/C27H26F2N2O5/c1-27(2,26(33)34)16-8-11-20(28)22(12-16)30-25(32)19-10-9-17(13-21(19)29)35-15-18-14-31(3)23-6-4-5-7-24(23)36-18/h4-13,18H,14-15H2,1-3H3,(H,30,32)(H,33,34)/t18-/m0/s1. The maximum Gasteiger partial charge on any atom is 0.313 e. The monoisotopic (exact) mass is 496 g/mol. The Bertz CT molecular complexity index is 1310. The molecule has 1 amide bonds. The molecular weight excluding hydrogens is 470 g/mol. The van der Waals surface area contributed by atoms with Gasteiger partial charge in [0.25, 0.3) is 5.91 Å². The lowest BCUT2D eigenvalue weighted by atomic mass is 9.84. The molecule has 1 heterocycles. The third-order valence-electron chi connectivity index (χ3n) is 6.14. The van der Waals surface area contributed by atoms with Crippen LogP contribution in [0.1, 0.15) is 29.8 Å². The quantitative estimate of drug-likeness (QED) is 0.486. The largest absolute Gasteiger partial charge is 0.490 e. The molecule has 0 saturated carbocycles. The lowest BCUT2D eigenvalue weighted by Crippen LogP contribution is -2.41. The second-order valence-corrected chi connectivity index (χ2v) is 9.12. The predicted molar refractivity (Wildman–Crippen MR) is 131 cm³/mol. The van der Waals surface area contributed by atoms with Gasteiger partial charge in [0, 0.05) is 13.1 Å². The van der Waals surface area contributed by atoms with Crippen LogP contribution >= 0.6 is 0 Å². The molecule has 0 bridgehead atoms. The molecule has 0 spiro atoms. The number of carboxylic acids is 1. The fourth-order valence-electron chi connectivity index (χ4n) is 3.86. The molecule has 0 saturated heterocycles. The highest BCUT2D eigenvalue weighted by atomic mass is 19.1. The molecule has 36 heavy (non-hydrogen) atoms. The first kappa shape index (κ1) is 25.0. The summed E-state index contributed by atoms with van der Waals surface area (Å²) in [5.41, 5.74) is -0.605. The molecule has 1 aliphatic heterocycles. The van der Waals surface area contributed by atoms with Crippen LogP contribution in [0.15, 0.2) is 60.7 Å². The minimum atomic E-state index is -1.31. The average molecular weight is 497 g/mol. The van der Waals surface area contributed by atoms with Crippen LogP contribution in [-0.2, 0) is 10.2 Å². The molecule has 9 heteroatoms. The van der Waals surface area contributed by atoms with Crippen molar-refractivity contribution in [3.63, 3.8) is 0 Å². The number of nitrogens with zero attached hydrogens (tertiary/aromatic N) is 1. The van der Waals surface area contributed by atoms with Gasteiger partial charge in [-0.15, -0.1) is 0 Å². The maximum absolute atomic E-state index is 14.8. The lowest BCUT2D eigenvalue weighted by Gasteiger charge is -2.33. The van der Waals surface area contributed by atoms with E-state index in [1.165, 1.54) is 38.1 Å². The fraction of sp³-hybridized carbons (Fsp3) is 0.259. The molecular formula is C27H26F2N2O5. The molecule has 2 N–H and O–H groups in total. The molecule has 3 aromatic rings. The lowest BCUT2D eigenvalue weighted by molar-refractivity contribution is -0.142. The number of hydrogen-bond acceptors (Lipinski definition) is 5. The molecule has 0 fully saturated rings. The number of carbonyl (C=O) groups excluding carboxylic acids is 1. The molecule has 1 aliphatic rings. The number of para-hydroxylation sites is 2. The Morgan fingerprint density at radius 3 is 2.58 bits per heavy atom. The zero-order chi connectivity index (χ0) is 26.0. The van der Waals surface area contributed by atoms with Crippen molar-refractivity contribution >= 4 is 23.3 Å². The van der Waals surface area contributed by atoms with Gasteiger partial charge in [-0.2, -0.15) is 0 Å². The van der Waals surface area contributed by atoms with Gasteiger partial charge in [0.1, 0.15) is 35.8 Å². The number of anilines is 2. The molecule has 0 aromatic heterocycles. The van der Waals surface area contributed by atoms with Gasteiger partial charge in [0.15, 0.2) is 0 Å². The number of amides is 1. The van der Waals surface area contributed by atoms with Crippen molar-refractivity contribution in [2.45, 2.75) is 25.4 Å². The highest BCUT2D eigenvalue weighted by Gasteiger charge is 2.30. The number of carbonyl (C=O) groups is 2. The van der Waals surface area contributed by atoms with Crippen molar-refractivity contribution in [2.75, 3.05) is 30.4 Å². The predicted octanol–water partition coefficient (Wildman–Crippen LogP) is 4.86. The zero-order valence-corrected chi connectivity index (χ0v) is 20.0. The van der Waals surface area contributed by atoms with Crippen LogP contribution in [0.25, 0.3) is 0 Å². The summed E-state index contributed by atoms with van der Waals surface area (Å²) >= 11 is 0. The number of rotatable bonds is 7. The summed E-state index contributed by atoms with van der Waals surface area (Å²) in [7, 11) is 1.95. The van der Waals surface area contributed by atoms with Crippen LogP contribution in [0, 0.1) is 11.6 Å². The number of carboxylic acid groups (broad SMARTS) is 1. The van der Waals surface area contributed by atoms with Gasteiger partial charge in [-0.05, 0) is 55.8 Å². The second-order valence-electron chi connectivity index (χ2n) is 9.12. The van der Waals surface area contributed by atoms with E-state index in [-0.39, 0.29) is 35.3 Å². The Hall–Kier alpha value is -4.14. The van der Waals surface area contributed by atoms with E-state index in [1.54, 1.807) is 0 Å². The van der Waals surface area contributed by atoms with Crippen LogP contribution < -0.4 is 19.7 Å². The van der Waals surface area contributed by atoms with Gasteiger partial charge in [-0.25, -0.2) is 8.78 Å². The van der Waals surface area contributed by atoms with Crippen LogP contribution in [0.4, 0.5) is 20.2 Å². The number of fused-ring (bicyclic) bond motifs is 1. The summed E-state index contributed by atoms with van der Waals surface area (Å²) in [5.74, 6) is -2.65. The fourth-order valence-corrected chi connectivity index (χ4v) is 3.86. The number of aliphatic carboxylic acids is 1. The highest BCUT2D eigenvalue weighted by molar-refractivity contribution is 6.04. The zero-order valence-electron chi connectivity index (χ0n) is 20.0. The van der Waals surface area contributed by atoms with E-state index in [9.17, 15) is 23.5 Å². The van der Waals surface area contributed by atoms with Crippen molar-refractivity contribution in [2.24, 2.45) is 0 Å². The van der Waals surface area contributed by atoms with Gasteiger partial charge < -0.3 is 24.8 Å². The van der Waals surface area contributed by atoms with E-state index in [4.69, 9.17) is 9.47 Å². The number of hydrogen-bond donors (Lipinski definition) is 2. The van der Waals surface area contributed by atoms with E-state index in [0.29, 0.717) is 6.54 Å². The van der Waals surface area contributed by atoms with Crippen molar-refractivity contribution in [1.29, 1.82) is 0 Å². The van der Waals surface area contributed by atoms with Crippen molar-refractivity contribution in [3.8, 4) is 11.5 Å². The Labute approximate surface area is 207 Å². The molecule has 3 aromatic carbocycles. The van der Waals surface area contributed by atoms with E-state index in [1.807, 2.05) is 36.2 Å². The Kier molecular flexibility index (Phi) is 6.83. The Balaban J connectivity index is 1.43. The SMILES string of the molecule is CN1C[C@@H](COc2ccc(C(=O)Nc3cc(C(C)(C)C(=O)O)ccc3F)c(F)c2)Oc2ccccc21. The first-order valence-electron chi connectivity index (χ1n) is 11.3. The minimum absolute atomic E-state index is 0.168. The molecule has 188 valence electrons. The number of likely N-dealkylation sites (N-methyl/N-ethyl adjacent to an activating group) is 1. The highest BCUT2D eigenvalue weighted by Crippen LogP contribution is 2.32. The molecule has 7 nitrogen and oxygen atoms in total. The summed E-state index contributed by atoms with van der Waals surface area (Å²) in [4.78, 5) is 26.2. The smallest absolute Gasteiger partial charge is 0.313 e. The number of benzene rings is 3. The summed E-state index contributed by atoms with van der Waals surface area (Å²) in [6.45, 7) is 3.67. The van der Waals surface area contributed by atoms with Crippen molar-refractivity contribution in [1.82, 2.24) is 0 Å². The number of ether oxygens (including phenoxy) is 2. The minimum Gasteiger partial charge on any atom is -0.490 e. The third-order valence-corrected chi connectivity index (χ3v) is 6.14. The molecule has 0 unspecified atom stereocenters. The van der Waals surface area contributed by atoms with Gasteiger partial charge in [-0.1, -0.05) is 18.2 Å². The van der Waals surface area contributed by atoms with E-state index < -0.39 is 28.9 Å². The van der Waals surface area contributed by atoms with Crippen LogP contribution in [0.2, 0.25) is 0 Å². The van der Waals surface area contributed by atoms with Crippen molar-refractivity contribution < 1.29 is 33.0 Å². The van der Waals surface area contributed by atoms with Gasteiger partial charge >= 0.3 is 5.97 Å². The van der Waals surface area contributed by atoms with Gasteiger partial charge in [0.05, 0.1) is 28.9 Å². The van der Waals surface area contributed by atoms with E-state index in [0.717, 1.165) is 23.6 Å². The first-order valence-corrected chi connectivity index (χ1v) is 11.3. The Morgan fingerprint density at radius 2 is 1.86 bits per heavy atom. The molecule has 0 aliphatic carbocycles. The number of halogens is 2. The van der Waals surface area contributed by atoms with E-state index in [2.05, 4.69) is 5.32 Å². The van der Waals surface area contributed by atoms with Crippen LogP contribution in [0.5, 0.6) is 11.5 Å². The molecule has 1 atom stereocenters. The normalized spacial score (nSPS) is 15.0. The van der Waals surface area contributed by atoms with Gasteiger partial charge in [-0.3, -0.25) is 9.59 Å². The summed E-state index contributed by atoms with van der Waals surface area (Å²) in [6, 6.07) is 15.0. The third kappa shape index (κ3) is 5.10. The first-order chi connectivity index (χ1) is 17.1. The summed E-state index contributed by atoms with van der Waals surface area (Å²) in [5, 5.41) is 11.7. The topological polar surface area (TPSA) is 88.1 Å². The van der Waals surface area contributed by atoms with Gasteiger partial charge in [0.2, 0.25) is 0 Å². The summed E-state index contributed by atoms with van der Waals surface area (Å²) in [6.07, 6.45) is -0.277. The molecule has 4 rings (SSSR count). The van der Waals surface area contributed by atoms with E-state index >= 15 is 0 Å². The van der Waals surface area contributed by atoms with Crippen molar-refractivity contribution in [3.05, 3.63) is 83.4 Å². The van der Waals surface area contributed by atoms with Crippen LogP contribution in [0.3, 0.4) is 0 Å². The average Bonchev–Trinajstić information content (AvgIpc) is 2.84. The molecule has 0 radical (unpaired) electrons. The number of nitrogens with one attached hydrogen (secondary N) is 1.